The molecule has 0 bridgehead atoms. The number of rotatable bonds is 8. The Morgan fingerprint density at radius 3 is 1.39 bits per heavy atom. The fourth-order valence-corrected chi connectivity index (χ4v) is 2.81. The predicted molar refractivity (Wildman–Crippen MR) is 103 cm³/mol. The van der Waals surface area contributed by atoms with Crippen molar-refractivity contribution >= 4 is 12.2 Å². The molecule has 2 rings (SSSR count). The van der Waals surface area contributed by atoms with E-state index in [4.69, 9.17) is 0 Å². The Bertz CT molecular complexity index is 560. The lowest BCUT2D eigenvalue weighted by molar-refractivity contribution is 0.769. The minimum absolute atomic E-state index is 1.14. The van der Waals surface area contributed by atoms with Crippen LogP contribution in [0.3, 0.4) is 0 Å². The van der Waals surface area contributed by atoms with Crippen LogP contribution < -0.4 is 0 Å². The molecule has 0 nitrogen and oxygen atoms in total. The summed E-state index contributed by atoms with van der Waals surface area (Å²) < 4.78 is 0. The van der Waals surface area contributed by atoms with Gasteiger partial charge in [0.15, 0.2) is 0 Å². The van der Waals surface area contributed by atoms with Crippen LogP contribution in [0.1, 0.15) is 57.1 Å². The van der Waals surface area contributed by atoms with E-state index in [-0.39, 0.29) is 0 Å². The van der Waals surface area contributed by atoms with Crippen molar-refractivity contribution in [2.24, 2.45) is 0 Å². The SMILES string of the molecule is CC/C(=C/c1ccccc1)CCC/C(=C\c1ccccc1)CC. The smallest absolute Gasteiger partial charge is 0.0257 e. The van der Waals surface area contributed by atoms with Crippen molar-refractivity contribution in [2.45, 2.75) is 46.0 Å². The highest BCUT2D eigenvalue weighted by Gasteiger charge is 2.00. The standard InChI is InChI=1S/C23H28/c1-3-20(18-22-12-7-5-8-13-22)16-11-17-21(4-2)19-23-14-9-6-10-15-23/h5-10,12-15,18-19H,3-4,11,16-17H2,1-2H3/b20-18-,21-19-. The van der Waals surface area contributed by atoms with Crippen molar-refractivity contribution in [3.05, 3.63) is 82.9 Å². The van der Waals surface area contributed by atoms with Crippen LogP contribution in [0.25, 0.3) is 12.2 Å². The zero-order valence-electron chi connectivity index (χ0n) is 14.5. The van der Waals surface area contributed by atoms with Gasteiger partial charge < -0.3 is 0 Å². The average Bonchev–Trinajstić information content (AvgIpc) is 2.61. The molecule has 0 aromatic heterocycles. The lowest BCUT2D eigenvalue weighted by atomic mass is 9.98. The van der Waals surface area contributed by atoms with Gasteiger partial charge in [-0.05, 0) is 43.2 Å². The molecule has 0 radical (unpaired) electrons. The van der Waals surface area contributed by atoms with Crippen molar-refractivity contribution in [1.29, 1.82) is 0 Å². The molecule has 0 aliphatic rings. The molecule has 120 valence electrons. The fourth-order valence-electron chi connectivity index (χ4n) is 2.81. The summed E-state index contributed by atoms with van der Waals surface area (Å²) >= 11 is 0. The van der Waals surface area contributed by atoms with Gasteiger partial charge in [-0.25, -0.2) is 0 Å². The zero-order valence-corrected chi connectivity index (χ0v) is 14.5. The van der Waals surface area contributed by atoms with E-state index in [0.717, 1.165) is 12.8 Å². The zero-order chi connectivity index (χ0) is 16.3. The lowest BCUT2D eigenvalue weighted by Gasteiger charge is -2.08. The van der Waals surface area contributed by atoms with Gasteiger partial charge in [0, 0.05) is 0 Å². The Kier molecular flexibility index (Phi) is 7.39. The Balaban J connectivity index is 1.91. The maximum absolute atomic E-state index is 2.35. The van der Waals surface area contributed by atoms with E-state index in [1.807, 2.05) is 0 Å². The van der Waals surface area contributed by atoms with Crippen LogP contribution in [0.2, 0.25) is 0 Å². The Hall–Kier alpha value is -2.08. The fraction of sp³-hybridized carbons (Fsp3) is 0.304. The number of allylic oxidation sites excluding steroid dienone is 2. The molecule has 0 saturated heterocycles. The Labute approximate surface area is 141 Å². The second-order valence-corrected chi connectivity index (χ2v) is 5.99. The summed E-state index contributed by atoms with van der Waals surface area (Å²) in [6.07, 6.45) is 10.6. The largest absolute Gasteiger partial charge is 0.0699 e. The highest BCUT2D eigenvalue weighted by atomic mass is 14.1. The molecule has 0 N–H and O–H groups in total. The first-order valence-corrected chi connectivity index (χ1v) is 8.80. The van der Waals surface area contributed by atoms with Gasteiger partial charge in [-0.2, -0.15) is 0 Å². The Morgan fingerprint density at radius 2 is 1.04 bits per heavy atom. The van der Waals surface area contributed by atoms with Crippen LogP contribution >= 0.6 is 0 Å². The summed E-state index contributed by atoms with van der Waals surface area (Å²) in [5.74, 6) is 0. The predicted octanol–water partition coefficient (Wildman–Crippen LogP) is 7.14. The highest BCUT2D eigenvalue weighted by molar-refractivity contribution is 5.53. The number of hydrogen-bond donors (Lipinski definition) is 0. The summed E-state index contributed by atoms with van der Waals surface area (Å²) in [5.41, 5.74) is 5.73. The Morgan fingerprint density at radius 1 is 0.652 bits per heavy atom. The van der Waals surface area contributed by atoms with Gasteiger partial charge >= 0.3 is 0 Å². The second-order valence-electron chi connectivity index (χ2n) is 5.99. The van der Waals surface area contributed by atoms with E-state index in [1.54, 1.807) is 11.1 Å². The van der Waals surface area contributed by atoms with Crippen LogP contribution in [0.5, 0.6) is 0 Å². The number of benzene rings is 2. The van der Waals surface area contributed by atoms with Gasteiger partial charge in [-0.3, -0.25) is 0 Å². The third-order valence-corrected chi connectivity index (χ3v) is 4.24. The van der Waals surface area contributed by atoms with E-state index in [9.17, 15) is 0 Å². The molecule has 0 aliphatic heterocycles. The molecule has 0 atom stereocenters. The van der Waals surface area contributed by atoms with E-state index < -0.39 is 0 Å². The summed E-state index contributed by atoms with van der Waals surface area (Å²) in [6.45, 7) is 4.52. The molecule has 23 heavy (non-hydrogen) atoms. The topological polar surface area (TPSA) is 0 Å². The second kappa shape index (κ2) is 9.84. The van der Waals surface area contributed by atoms with Crippen LogP contribution in [0.15, 0.2) is 71.8 Å². The third-order valence-electron chi connectivity index (χ3n) is 4.24. The van der Waals surface area contributed by atoms with Gasteiger partial charge in [0.25, 0.3) is 0 Å². The lowest BCUT2D eigenvalue weighted by Crippen LogP contribution is -1.87. The van der Waals surface area contributed by atoms with E-state index in [0.29, 0.717) is 0 Å². The minimum Gasteiger partial charge on any atom is -0.0699 e. The van der Waals surface area contributed by atoms with Crippen molar-refractivity contribution in [2.75, 3.05) is 0 Å². The minimum atomic E-state index is 1.14. The first kappa shape index (κ1) is 17.3. The molecule has 0 heteroatoms. The maximum atomic E-state index is 2.35. The van der Waals surface area contributed by atoms with Crippen LogP contribution in [0.4, 0.5) is 0 Å². The highest BCUT2D eigenvalue weighted by Crippen LogP contribution is 2.20. The van der Waals surface area contributed by atoms with E-state index in [2.05, 4.69) is 86.7 Å². The van der Waals surface area contributed by atoms with Crippen molar-refractivity contribution in [3.63, 3.8) is 0 Å². The van der Waals surface area contributed by atoms with Crippen LogP contribution in [-0.4, -0.2) is 0 Å². The molecule has 0 fully saturated rings. The monoisotopic (exact) mass is 304 g/mol. The molecule has 0 spiro atoms. The van der Waals surface area contributed by atoms with E-state index >= 15 is 0 Å². The summed E-state index contributed by atoms with van der Waals surface area (Å²) in [6, 6.07) is 21.3. The molecule has 0 unspecified atom stereocenters. The molecule has 0 saturated carbocycles. The van der Waals surface area contributed by atoms with Gasteiger partial charge in [-0.1, -0.05) is 97.8 Å². The van der Waals surface area contributed by atoms with Crippen LogP contribution in [0, 0.1) is 0 Å². The van der Waals surface area contributed by atoms with E-state index in [1.165, 1.54) is 30.4 Å². The van der Waals surface area contributed by atoms with Crippen molar-refractivity contribution in [1.82, 2.24) is 0 Å². The molecule has 0 amide bonds. The van der Waals surface area contributed by atoms with Gasteiger partial charge in [0.05, 0.1) is 0 Å². The average molecular weight is 304 g/mol. The quantitative estimate of drug-likeness (QED) is 0.486. The van der Waals surface area contributed by atoms with Gasteiger partial charge in [-0.15, -0.1) is 0 Å². The summed E-state index contributed by atoms with van der Waals surface area (Å²) in [4.78, 5) is 0. The normalized spacial score (nSPS) is 12.4. The van der Waals surface area contributed by atoms with Gasteiger partial charge in [0.2, 0.25) is 0 Å². The van der Waals surface area contributed by atoms with Crippen molar-refractivity contribution in [3.8, 4) is 0 Å². The molecule has 0 heterocycles. The van der Waals surface area contributed by atoms with Crippen molar-refractivity contribution < 1.29 is 0 Å². The molecule has 2 aromatic carbocycles. The maximum Gasteiger partial charge on any atom is -0.0257 e. The third kappa shape index (κ3) is 6.28. The van der Waals surface area contributed by atoms with Gasteiger partial charge in [0.1, 0.15) is 0 Å². The molecule has 2 aromatic rings. The summed E-state index contributed by atoms with van der Waals surface area (Å²) in [7, 11) is 0. The first-order valence-electron chi connectivity index (χ1n) is 8.80. The number of hydrogen-bond acceptors (Lipinski definition) is 0. The molecular formula is C23H28. The molecular weight excluding hydrogens is 276 g/mol. The summed E-state index contributed by atoms with van der Waals surface area (Å²) in [5, 5.41) is 0. The molecule has 0 aliphatic carbocycles. The first-order chi connectivity index (χ1) is 11.3. The van der Waals surface area contributed by atoms with Crippen LogP contribution in [-0.2, 0) is 0 Å².